The van der Waals surface area contributed by atoms with Gasteiger partial charge in [-0.15, -0.1) is 0 Å². The zero-order valence-electron chi connectivity index (χ0n) is 8.96. The molecule has 0 aliphatic rings. The molecule has 0 spiro atoms. The first kappa shape index (κ1) is 14.9. The maximum Gasteiger partial charge on any atom is 0.675 e. The highest BCUT2D eigenvalue weighted by Crippen LogP contribution is 2.23. The Labute approximate surface area is 88.4 Å². The summed E-state index contributed by atoms with van der Waals surface area (Å²) in [5.74, 6) is -2.05. The molecule has 0 radical (unpaired) electrons. The normalized spacial score (nSPS) is 13.6. The van der Waals surface area contributed by atoms with Crippen LogP contribution in [-0.2, 0) is 23.4 Å². The van der Waals surface area contributed by atoms with Crippen LogP contribution in [0.25, 0.3) is 0 Å². The molecule has 0 atom stereocenters. The van der Waals surface area contributed by atoms with E-state index in [0.717, 1.165) is 14.2 Å². The molecule has 92 valence electrons. The molecule has 15 heavy (non-hydrogen) atoms. The molecule has 0 saturated carbocycles. The summed E-state index contributed by atoms with van der Waals surface area (Å²) in [5.41, 5.74) is 0. The van der Waals surface area contributed by atoms with Gasteiger partial charge in [-0.1, -0.05) is 0 Å². The van der Waals surface area contributed by atoms with Crippen molar-refractivity contribution in [1.29, 1.82) is 0 Å². The van der Waals surface area contributed by atoms with Crippen molar-refractivity contribution in [2.24, 2.45) is 0 Å². The fourth-order valence-corrected chi connectivity index (χ4v) is 1.63. The highest BCUT2D eigenvalue weighted by Gasteiger charge is 2.51. The number of methoxy groups -OCH3 is 4. The third-order valence-electron chi connectivity index (χ3n) is 1.57. The van der Waals surface area contributed by atoms with Crippen LogP contribution in [0.3, 0.4) is 0 Å². The molecule has 0 rings (SSSR count). The van der Waals surface area contributed by atoms with Crippen molar-refractivity contribution >= 4 is 9.05 Å². The van der Waals surface area contributed by atoms with Gasteiger partial charge < -0.3 is 33.3 Å². The Morgan fingerprint density at radius 3 is 1.53 bits per heavy atom. The Morgan fingerprint density at radius 2 is 1.33 bits per heavy atom. The van der Waals surface area contributed by atoms with E-state index in [9.17, 15) is 0 Å². The van der Waals surface area contributed by atoms with Gasteiger partial charge in [0.25, 0.3) is 0 Å². The van der Waals surface area contributed by atoms with Crippen LogP contribution in [0.5, 0.6) is 0 Å². The Morgan fingerprint density at radius 1 is 0.933 bits per heavy atom. The lowest BCUT2D eigenvalue weighted by Crippen LogP contribution is -2.58. The summed E-state index contributed by atoms with van der Waals surface area (Å²) in [5, 5.41) is 0. The third kappa shape index (κ3) is 4.10. The molecule has 0 aliphatic carbocycles. The Bertz CT molecular complexity index is 172. The molecule has 0 bridgehead atoms. The monoisotopic (exact) mass is 244 g/mol. The van der Waals surface area contributed by atoms with E-state index in [2.05, 4.69) is 4.43 Å². The van der Waals surface area contributed by atoms with E-state index in [1.54, 1.807) is 0 Å². The number of hydrogen-bond donors (Lipinski definition) is 3. The van der Waals surface area contributed by atoms with E-state index < -0.39 is 21.3 Å². The zero-order chi connectivity index (χ0) is 12.1. The van der Waals surface area contributed by atoms with Crippen LogP contribution in [-0.4, -0.2) is 64.1 Å². The first-order valence-electron chi connectivity index (χ1n) is 3.88. The van der Waals surface area contributed by atoms with E-state index in [1.165, 1.54) is 14.2 Å². The maximum atomic E-state index is 8.81. The van der Waals surface area contributed by atoms with Gasteiger partial charge in [0.05, 0.1) is 0 Å². The van der Waals surface area contributed by atoms with Crippen LogP contribution in [0.4, 0.5) is 0 Å². The molecule has 0 aromatic carbocycles. The highest BCUT2D eigenvalue weighted by molar-refractivity contribution is 6.48. The van der Waals surface area contributed by atoms with Gasteiger partial charge in [0, 0.05) is 28.4 Å². The van der Waals surface area contributed by atoms with Gasteiger partial charge in [0.15, 0.2) is 0 Å². The van der Waals surface area contributed by atoms with Crippen molar-refractivity contribution < 1.29 is 37.8 Å². The molecule has 0 aromatic rings. The van der Waals surface area contributed by atoms with E-state index in [0.29, 0.717) is 0 Å². The lowest BCUT2D eigenvalue weighted by Gasteiger charge is -2.36. The summed E-state index contributed by atoms with van der Waals surface area (Å²) in [4.78, 5) is 26.4. The van der Waals surface area contributed by atoms with Gasteiger partial charge in [-0.2, -0.15) is 0 Å². The van der Waals surface area contributed by atoms with Crippen LogP contribution in [0.1, 0.15) is 0 Å². The zero-order valence-corrected chi connectivity index (χ0v) is 9.96. The SMILES string of the molecule is COC(OC)C(OC)(OC)O[Si](O)(O)O. The molecule has 0 heterocycles. The van der Waals surface area contributed by atoms with Crippen LogP contribution >= 0.6 is 0 Å². The first-order chi connectivity index (χ1) is 6.85. The molecule has 0 aromatic heterocycles. The molecule has 0 amide bonds. The van der Waals surface area contributed by atoms with Gasteiger partial charge in [0.1, 0.15) is 0 Å². The lowest BCUT2D eigenvalue weighted by molar-refractivity contribution is -0.422. The highest BCUT2D eigenvalue weighted by atomic mass is 28.4. The van der Waals surface area contributed by atoms with E-state index in [-0.39, 0.29) is 0 Å². The average molecular weight is 244 g/mol. The largest absolute Gasteiger partial charge is 0.675 e. The summed E-state index contributed by atoms with van der Waals surface area (Å²) in [6.45, 7) is 0. The molecule has 3 N–H and O–H groups in total. The fraction of sp³-hybridized carbons (Fsp3) is 1.00. The van der Waals surface area contributed by atoms with Gasteiger partial charge in [-0.05, 0) is 0 Å². The summed E-state index contributed by atoms with van der Waals surface area (Å²) in [6, 6.07) is 0. The Balaban J connectivity index is 4.85. The molecule has 0 fully saturated rings. The lowest BCUT2D eigenvalue weighted by atomic mass is 10.5. The van der Waals surface area contributed by atoms with Gasteiger partial charge in [0.2, 0.25) is 6.29 Å². The minimum Gasteiger partial charge on any atom is -0.367 e. The fourth-order valence-electron chi connectivity index (χ4n) is 0.983. The van der Waals surface area contributed by atoms with Gasteiger partial charge >= 0.3 is 15.0 Å². The van der Waals surface area contributed by atoms with Crippen LogP contribution in [0.15, 0.2) is 0 Å². The van der Waals surface area contributed by atoms with Crippen LogP contribution in [0.2, 0.25) is 0 Å². The smallest absolute Gasteiger partial charge is 0.367 e. The topological polar surface area (TPSA) is 107 Å². The minimum absolute atomic E-state index is 1.16. The minimum atomic E-state index is -4.84. The second-order valence-corrected chi connectivity index (χ2v) is 3.84. The van der Waals surface area contributed by atoms with E-state index in [4.69, 9.17) is 33.3 Å². The van der Waals surface area contributed by atoms with Crippen molar-refractivity contribution in [3.63, 3.8) is 0 Å². The van der Waals surface area contributed by atoms with Crippen molar-refractivity contribution in [1.82, 2.24) is 0 Å². The summed E-state index contributed by atoms with van der Waals surface area (Å²) in [7, 11) is 0.0100. The maximum absolute atomic E-state index is 8.81. The number of ether oxygens (including phenoxy) is 4. The summed E-state index contributed by atoms with van der Waals surface area (Å²) in [6.07, 6.45) is -1.20. The average Bonchev–Trinajstić information content (AvgIpc) is 2.16. The quantitative estimate of drug-likeness (QED) is 0.348. The van der Waals surface area contributed by atoms with E-state index >= 15 is 0 Å². The molecule has 8 nitrogen and oxygen atoms in total. The van der Waals surface area contributed by atoms with Crippen molar-refractivity contribution in [2.45, 2.75) is 12.3 Å². The predicted molar refractivity (Wildman–Crippen MR) is 48.1 cm³/mol. The molecular formula is C6H16O8Si. The first-order valence-corrected chi connectivity index (χ1v) is 5.63. The van der Waals surface area contributed by atoms with Crippen molar-refractivity contribution in [3.8, 4) is 0 Å². The number of hydrogen-bond acceptors (Lipinski definition) is 8. The summed E-state index contributed by atoms with van der Waals surface area (Å²) >= 11 is 0. The van der Waals surface area contributed by atoms with Crippen LogP contribution in [0, 0.1) is 0 Å². The van der Waals surface area contributed by atoms with Crippen LogP contribution < -0.4 is 0 Å². The van der Waals surface area contributed by atoms with Crippen molar-refractivity contribution in [2.75, 3.05) is 28.4 Å². The molecular weight excluding hydrogens is 228 g/mol. The standard InChI is InChI=1S/C6H16O8Si/c1-10-5(11-2)6(12-3,13-4)14-15(7,8)9/h5,7-9H,1-4H3. The van der Waals surface area contributed by atoms with Crippen molar-refractivity contribution in [3.05, 3.63) is 0 Å². The van der Waals surface area contributed by atoms with Gasteiger partial charge in [-0.3, -0.25) is 4.43 Å². The third-order valence-corrected chi connectivity index (χ3v) is 2.12. The Hall–Kier alpha value is -0.103. The number of rotatable bonds is 7. The van der Waals surface area contributed by atoms with E-state index in [1.807, 2.05) is 0 Å². The second-order valence-electron chi connectivity index (χ2n) is 2.49. The predicted octanol–water partition coefficient (Wildman–Crippen LogP) is -2.02. The molecule has 0 saturated heterocycles. The second kappa shape index (κ2) is 5.84. The Kier molecular flexibility index (Phi) is 5.80. The molecule has 0 aliphatic heterocycles. The summed E-state index contributed by atoms with van der Waals surface area (Å²) < 4.78 is 23.6. The van der Waals surface area contributed by atoms with Gasteiger partial charge in [-0.25, -0.2) is 0 Å². The molecule has 0 unspecified atom stereocenters. The molecule has 9 heteroatoms.